The Morgan fingerprint density at radius 3 is 2.14 bits per heavy atom. The fraction of sp³-hybridized carbons (Fsp3) is 0.370. The molecule has 0 aliphatic carbocycles. The third-order valence-electron chi connectivity index (χ3n) is 5.73. The number of aromatic hydroxyl groups is 1. The second-order valence-corrected chi connectivity index (χ2v) is 8.95. The lowest BCUT2D eigenvalue weighted by Crippen LogP contribution is -2.49. The fourth-order valence-electron chi connectivity index (χ4n) is 4.13. The molecule has 8 heteroatoms. The van der Waals surface area contributed by atoms with Crippen molar-refractivity contribution in [3.05, 3.63) is 71.2 Å². The topological polar surface area (TPSA) is 133 Å². The molecular weight excluding hydrogens is 444 g/mol. The Balaban J connectivity index is 0.00000100. The number of aliphatic carboxylic acids is 1. The zero-order valence-corrected chi connectivity index (χ0v) is 21.2. The van der Waals surface area contributed by atoms with Crippen molar-refractivity contribution < 1.29 is 19.8 Å². The molecule has 0 saturated carbocycles. The van der Waals surface area contributed by atoms with Crippen LogP contribution < -0.4 is 5.73 Å². The number of hydrogen-bond acceptors (Lipinski definition) is 5. The summed E-state index contributed by atoms with van der Waals surface area (Å²) in [4.78, 5) is 32.1. The quantitative estimate of drug-likeness (QED) is 0.397. The Morgan fingerprint density at radius 2 is 1.63 bits per heavy atom. The van der Waals surface area contributed by atoms with Crippen LogP contribution in [0.15, 0.2) is 48.7 Å². The van der Waals surface area contributed by atoms with Crippen molar-refractivity contribution >= 4 is 11.9 Å². The van der Waals surface area contributed by atoms with E-state index >= 15 is 0 Å². The van der Waals surface area contributed by atoms with E-state index in [2.05, 4.69) is 9.97 Å². The van der Waals surface area contributed by atoms with Crippen molar-refractivity contribution in [2.24, 2.45) is 5.73 Å². The van der Waals surface area contributed by atoms with Crippen molar-refractivity contribution in [1.82, 2.24) is 14.9 Å². The highest BCUT2D eigenvalue weighted by Gasteiger charge is 2.30. The van der Waals surface area contributed by atoms with Crippen molar-refractivity contribution in [3.63, 3.8) is 0 Å². The molecule has 1 heterocycles. The monoisotopic (exact) mass is 480 g/mol. The summed E-state index contributed by atoms with van der Waals surface area (Å²) in [6, 6.07) is 12.4. The van der Waals surface area contributed by atoms with Gasteiger partial charge >= 0.3 is 0 Å². The number of phenols is 1. The van der Waals surface area contributed by atoms with Gasteiger partial charge < -0.3 is 25.8 Å². The van der Waals surface area contributed by atoms with Crippen LogP contribution in [0.2, 0.25) is 0 Å². The fourth-order valence-corrected chi connectivity index (χ4v) is 4.13. The molecular formula is C27H36N4O4. The van der Waals surface area contributed by atoms with E-state index in [1.54, 1.807) is 23.2 Å². The van der Waals surface area contributed by atoms with Crippen LogP contribution in [-0.4, -0.2) is 49.0 Å². The number of carbonyl (C=O) groups excluding carboxylic acids is 1. The Bertz CT molecular complexity index is 1110. The summed E-state index contributed by atoms with van der Waals surface area (Å²) >= 11 is 0. The molecule has 5 N–H and O–H groups in total. The first-order valence-corrected chi connectivity index (χ1v) is 11.6. The molecule has 1 aromatic heterocycles. The zero-order valence-electron chi connectivity index (χ0n) is 21.2. The highest BCUT2D eigenvalue weighted by atomic mass is 16.4. The summed E-state index contributed by atoms with van der Waals surface area (Å²) in [6.07, 6.45) is 2.22. The van der Waals surface area contributed by atoms with Gasteiger partial charge in [-0.25, -0.2) is 4.98 Å². The van der Waals surface area contributed by atoms with Gasteiger partial charge in [0.2, 0.25) is 5.91 Å². The van der Waals surface area contributed by atoms with E-state index in [-0.39, 0.29) is 23.7 Å². The number of amides is 1. The predicted octanol–water partition coefficient (Wildman–Crippen LogP) is 4.36. The second kappa shape index (κ2) is 12.2. The zero-order chi connectivity index (χ0) is 26.3. The number of rotatable bonds is 7. The van der Waals surface area contributed by atoms with E-state index in [1.165, 1.54) is 0 Å². The molecule has 35 heavy (non-hydrogen) atoms. The van der Waals surface area contributed by atoms with E-state index < -0.39 is 12.0 Å². The lowest BCUT2D eigenvalue weighted by atomic mass is 9.95. The highest BCUT2D eigenvalue weighted by Crippen LogP contribution is 2.26. The first-order chi connectivity index (χ1) is 16.4. The van der Waals surface area contributed by atoms with Crippen LogP contribution in [0.1, 0.15) is 56.3 Å². The van der Waals surface area contributed by atoms with E-state index in [0.29, 0.717) is 6.42 Å². The molecule has 0 fully saturated rings. The molecule has 0 saturated heterocycles. The first-order valence-electron chi connectivity index (χ1n) is 11.6. The van der Waals surface area contributed by atoms with Crippen LogP contribution in [-0.2, 0) is 16.0 Å². The van der Waals surface area contributed by atoms with E-state index in [1.807, 2.05) is 65.0 Å². The molecule has 2 atom stereocenters. The van der Waals surface area contributed by atoms with E-state index in [9.17, 15) is 9.90 Å². The van der Waals surface area contributed by atoms with Gasteiger partial charge in [-0.3, -0.25) is 9.59 Å². The second-order valence-electron chi connectivity index (χ2n) is 8.95. The molecule has 0 aliphatic rings. The molecule has 3 aromatic rings. The van der Waals surface area contributed by atoms with Gasteiger partial charge in [-0.15, -0.1) is 0 Å². The number of H-pyrrole nitrogens is 1. The minimum Gasteiger partial charge on any atom is -0.508 e. The Morgan fingerprint density at radius 1 is 1.09 bits per heavy atom. The summed E-state index contributed by atoms with van der Waals surface area (Å²) < 4.78 is 0. The number of phenolic OH excluding ortho intramolecular Hbond substituents is 1. The maximum absolute atomic E-state index is 13.4. The lowest BCUT2D eigenvalue weighted by molar-refractivity contribution is -0.137. The smallest absolute Gasteiger partial charge is 0.300 e. The lowest BCUT2D eigenvalue weighted by Gasteiger charge is -2.34. The number of nitrogens with two attached hydrogens (primary N) is 1. The average molecular weight is 481 g/mol. The SMILES string of the molecule is CC(=O)O.Cc1cc(O)cc(C)c1C[C@H](N)C(=O)N(C(C)C)[C@@H](C)c1ncc(-c2ccccc2)[nH]1. The summed E-state index contributed by atoms with van der Waals surface area (Å²) in [5, 5.41) is 17.2. The number of benzene rings is 2. The number of carboxylic acids is 1. The molecule has 8 nitrogen and oxygen atoms in total. The van der Waals surface area contributed by atoms with Crippen LogP contribution in [0.25, 0.3) is 11.3 Å². The number of carbonyl (C=O) groups is 2. The number of carboxylic acid groups (broad SMARTS) is 1. The van der Waals surface area contributed by atoms with Gasteiger partial charge in [0.25, 0.3) is 5.97 Å². The third kappa shape index (κ3) is 7.42. The van der Waals surface area contributed by atoms with Gasteiger partial charge in [0.05, 0.1) is 24.0 Å². The van der Waals surface area contributed by atoms with Gasteiger partial charge in [-0.2, -0.15) is 0 Å². The Labute approximate surface area is 206 Å². The largest absolute Gasteiger partial charge is 0.508 e. The predicted molar refractivity (Wildman–Crippen MR) is 137 cm³/mol. The molecule has 0 unspecified atom stereocenters. The molecule has 0 radical (unpaired) electrons. The van der Waals surface area contributed by atoms with Gasteiger partial charge in [0.1, 0.15) is 11.6 Å². The standard InChI is InChI=1S/C25H32N4O2.C2H4O2/c1-15(2)29(18(5)24-27-14-23(28-24)19-9-7-6-8-10-19)25(31)22(26)13-21-16(3)11-20(30)12-17(21)4;1-2(3)4/h6-12,14-15,18,22,30H,13,26H2,1-5H3,(H,27,28);1H3,(H,3,4)/t18-,22-;/m0./s1. The molecule has 2 aromatic carbocycles. The normalized spacial score (nSPS) is 12.5. The van der Waals surface area contributed by atoms with Crippen LogP contribution in [0.4, 0.5) is 0 Å². The highest BCUT2D eigenvalue weighted by molar-refractivity contribution is 5.82. The van der Waals surface area contributed by atoms with Crippen LogP contribution in [0.5, 0.6) is 5.75 Å². The summed E-state index contributed by atoms with van der Waals surface area (Å²) in [7, 11) is 0. The van der Waals surface area contributed by atoms with E-state index in [0.717, 1.165) is 40.7 Å². The first kappa shape index (κ1) is 27.6. The Kier molecular flexibility index (Phi) is 9.59. The maximum Gasteiger partial charge on any atom is 0.300 e. The van der Waals surface area contributed by atoms with Gasteiger partial charge in [-0.05, 0) is 75.4 Å². The van der Waals surface area contributed by atoms with Crippen molar-refractivity contribution in [2.75, 3.05) is 0 Å². The van der Waals surface area contributed by atoms with Gasteiger partial charge in [0, 0.05) is 13.0 Å². The molecule has 188 valence electrons. The number of aromatic nitrogens is 2. The van der Waals surface area contributed by atoms with Crippen LogP contribution in [0, 0.1) is 13.8 Å². The van der Waals surface area contributed by atoms with Gasteiger partial charge in [-0.1, -0.05) is 30.3 Å². The minimum atomic E-state index is -0.833. The number of imidazole rings is 1. The summed E-state index contributed by atoms with van der Waals surface area (Å²) in [6.45, 7) is 10.9. The number of nitrogens with one attached hydrogen (secondary N) is 1. The summed E-state index contributed by atoms with van der Waals surface area (Å²) in [5.41, 5.74) is 11.2. The van der Waals surface area contributed by atoms with Crippen molar-refractivity contribution in [1.29, 1.82) is 0 Å². The molecule has 1 amide bonds. The number of nitrogens with zero attached hydrogens (tertiary/aromatic N) is 2. The van der Waals surface area contributed by atoms with E-state index in [4.69, 9.17) is 15.6 Å². The minimum absolute atomic E-state index is 0.0409. The van der Waals surface area contributed by atoms with Crippen molar-refractivity contribution in [3.8, 4) is 17.0 Å². The van der Waals surface area contributed by atoms with Crippen molar-refractivity contribution in [2.45, 2.75) is 66.1 Å². The summed E-state index contributed by atoms with van der Waals surface area (Å²) in [5.74, 6) is 0.000232. The number of aromatic amines is 1. The number of hydrogen-bond donors (Lipinski definition) is 4. The maximum atomic E-state index is 13.4. The number of aryl methyl sites for hydroxylation is 2. The van der Waals surface area contributed by atoms with Crippen LogP contribution >= 0.6 is 0 Å². The molecule has 0 aliphatic heterocycles. The Hall–Kier alpha value is -3.65. The average Bonchev–Trinajstić information content (AvgIpc) is 3.26. The van der Waals surface area contributed by atoms with Crippen LogP contribution in [0.3, 0.4) is 0 Å². The van der Waals surface area contributed by atoms with Gasteiger partial charge in [0.15, 0.2) is 0 Å². The molecule has 0 bridgehead atoms. The third-order valence-corrected chi connectivity index (χ3v) is 5.73. The molecule has 3 rings (SSSR count). The molecule has 0 spiro atoms.